The van der Waals surface area contributed by atoms with Gasteiger partial charge in [-0.15, -0.1) is 10.2 Å². The summed E-state index contributed by atoms with van der Waals surface area (Å²) in [5.41, 5.74) is 2.10. The van der Waals surface area contributed by atoms with Crippen LogP contribution in [-0.4, -0.2) is 37.9 Å². The molecular weight excluding hydrogens is 266 g/mol. The van der Waals surface area contributed by atoms with Crippen LogP contribution in [0.25, 0.3) is 11.0 Å². The first-order chi connectivity index (χ1) is 10.4. The second kappa shape index (κ2) is 5.29. The molecular formula is C15H17N5O. The molecule has 0 bridgehead atoms. The lowest BCUT2D eigenvalue weighted by Crippen LogP contribution is -2.09. The average Bonchev–Trinajstić information content (AvgIpc) is 3.01. The highest BCUT2D eigenvalue weighted by atomic mass is 16.5. The van der Waals surface area contributed by atoms with E-state index in [0.29, 0.717) is 0 Å². The van der Waals surface area contributed by atoms with Crippen molar-refractivity contribution in [1.82, 2.24) is 24.7 Å². The number of ether oxygens (including phenoxy) is 1. The van der Waals surface area contributed by atoms with Crippen molar-refractivity contribution in [2.24, 2.45) is 0 Å². The molecule has 3 aromatic rings. The molecule has 0 spiro atoms. The number of para-hydroxylation sites is 2. The quantitative estimate of drug-likeness (QED) is 0.791. The molecule has 0 saturated heterocycles. The van der Waals surface area contributed by atoms with Crippen molar-refractivity contribution in [3.05, 3.63) is 41.7 Å². The lowest BCUT2D eigenvalue weighted by Gasteiger charge is -2.05. The Morgan fingerprint density at radius 1 is 1.14 bits per heavy atom. The number of fused-ring (bicyclic) bond motifs is 2. The van der Waals surface area contributed by atoms with E-state index in [4.69, 9.17) is 4.74 Å². The number of nitrogens with zero attached hydrogens (tertiary/aromatic N) is 4. The number of hydrogen-bond acceptors (Lipinski definition) is 4. The van der Waals surface area contributed by atoms with Gasteiger partial charge >= 0.3 is 0 Å². The van der Waals surface area contributed by atoms with Crippen LogP contribution in [0.5, 0.6) is 0 Å². The molecule has 0 fully saturated rings. The van der Waals surface area contributed by atoms with Crippen LogP contribution in [0.1, 0.15) is 17.5 Å². The Balaban J connectivity index is 1.53. The predicted molar refractivity (Wildman–Crippen MR) is 78.0 cm³/mol. The van der Waals surface area contributed by atoms with Crippen molar-refractivity contribution in [3.63, 3.8) is 0 Å². The van der Waals surface area contributed by atoms with E-state index in [1.54, 1.807) is 0 Å². The van der Waals surface area contributed by atoms with Crippen LogP contribution >= 0.6 is 0 Å². The maximum atomic E-state index is 5.49. The summed E-state index contributed by atoms with van der Waals surface area (Å²) in [5.74, 6) is 3.06. The second-order valence-electron chi connectivity index (χ2n) is 5.25. The standard InChI is InChI=1S/C15H17N5O/c1-2-4-12-11(3-1)16-13(17-12)5-6-14-18-19-15-7-9-21-10-8-20(14)15/h1-4H,5-10H2,(H,16,17). The molecule has 0 aliphatic carbocycles. The first-order valence-electron chi connectivity index (χ1n) is 7.32. The van der Waals surface area contributed by atoms with Gasteiger partial charge in [-0.25, -0.2) is 4.98 Å². The van der Waals surface area contributed by atoms with Crippen molar-refractivity contribution in [1.29, 1.82) is 0 Å². The zero-order valence-electron chi connectivity index (χ0n) is 11.7. The van der Waals surface area contributed by atoms with Crippen molar-refractivity contribution >= 4 is 11.0 Å². The summed E-state index contributed by atoms with van der Waals surface area (Å²) in [6.45, 7) is 2.32. The van der Waals surface area contributed by atoms with Crippen LogP contribution in [0.4, 0.5) is 0 Å². The fourth-order valence-corrected chi connectivity index (χ4v) is 2.78. The molecule has 0 unspecified atom stereocenters. The molecule has 21 heavy (non-hydrogen) atoms. The molecule has 0 amide bonds. The number of aromatic amines is 1. The Morgan fingerprint density at radius 2 is 2.10 bits per heavy atom. The van der Waals surface area contributed by atoms with E-state index in [1.807, 2.05) is 24.3 Å². The van der Waals surface area contributed by atoms with Gasteiger partial charge in [0.05, 0.1) is 24.2 Å². The van der Waals surface area contributed by atoms with Gasteiger partial charge < -0.3 is 14.3 Å². The molecule has 0 atom stereocenters. The molecule has 0 saturated carbocycles. The first-order valence-corrected chi connectivity index (χ1v) is 7.32. The predicted octanol–water partition coefficient (Wildman–Crippen LogP) is 1.51. The molecule has 3 heterocycles. The maximum absolute atomic E-state index is 5.49. The number of aryl methyl sites for hydroxylation is 2. The van der Waals surface area contributed by atoms with Crippen molar-refractivity contribution in [3.8, 4) is 0 Å². The molecule has 0 radical (unpaired) electrons. The Hall–Kier alpha value is -2.21. The van der Waals surface area contributed by atoms with E-state index in [-0.39, 0.29) is 0 Å². The number of hydrogen-bond donors (Lipinski definition) is 1. The normalized spacial score (nSPS) is 15.0. The molecule has 1 aromatic carbocycles. The minimum Gasteiger partial charge on any atom is -0.379 e. The monoisotopic (exact) mass is 283 g/mol. The SMILES string of the molecule is c1ccc2[nH]c(CCc3nnc4n3CCOCC4)nc2c1. The average molecular weight is 283 g/mol. The number of nitrogens with one attached hydrogen (secondary N) is 1. The number of imidazole rings is 1. The molecule has 108 valence electrons. The van der Waals surface area contributed by atoms with Crippen LogP contribution in [-0.2, 0) is 30.5 Å². The molecule has 4 rings (SSSR count). The van der Waals surface area contributed by atoms with Crippen LogP contribution in [0.3, 0.4) is 0 Å². The van der Waals surface area contributed by atoms with E-state index in [0.717, 1.165) is 67.5 Å². The Bertz CT molecular complexity index is 727. The van der Waals surface area contributed by atoms with Crippen LogP contribution in [0.2, 0.25) is 0 Å². The van der Waals surface area contributed by atoms with Crippen LogP contribution < -0.4 is 0 Å². The summed E-state index contributed by atoms with van der Waals surface area (Å²) in [5, 5.41) is 8.60. The summed E-state index contributed by atoms with van der Waals surface area (Å²) in [4.78, 5) is 7.96. The summed E-state index contributed by atoms with van der Waals surface area (Å²) < 4.78 is 7.68. The topological polar surface area (TPSA) is 68.6 Å². The van der Waals surface area contributed by atoms with E-state index in [1.165, 1.54) is 0 Å². The van der Waals surface area contributed by atoms with Gasteiger partial charge in [0.25, 0.3) is 0 Å². The Kier molecular flexibility index (Phi) is 3.16. The van der Waals surface area contributed by atoms with Gasteiger partial charge in [-0.05, 0) is 12.1 Å². The third kappa shape index (κ3) is 2.42. The molecule has 1 N–H and O–H groups in total. The summed E-state index contributed by atoms with van der Waals surface area (Å²) in [6, 6.07) is 8.09. The zero-order chi connectivity index (χ0) is 14.1. The number of aromatic nitrogens is 5. The molecule has 1 aliphatic heterocycles. The summed E-state index contributed by atoms with van der Waals surface area (Å²) >= 11 is 0. The van der Waals surface area contributed by atoms with Gasteiger partial charge in [0.2, 0.25) is 0 Å². The van der Waals surface area contributed by atoms with Gasteiger partial charge in [-0.1, -0.05) is 12.1 Å². The minimum absolute atomic E-state index is 0.738. The molecule has 6 heteroatoms. The van der Waals surface area contributed by atoms with Gasteiger partial charge in [0, 0.05) is 25.8 Å². The smallest absolute Gasteiger partial charge is 0.135 e. The maximum Gasteiger partial charge on any atom is 0.135 e. The lowest BCUT2D eigenvalue weighted by molar-refractivity contribution is 0.139. The van der Waals surface area contributed by atoms with Crippen molar-refractivity contribution in [2.75, 3.05) is 13.2 Å². The van der Waals surface area contributed by atoms with Crippen LogP contribution in [0.15, 0.2) is 24.3 Å². The molecule has 1 aliphatic rings. The Morgan fingerprint density at radius 3 is 3.05 bits per heavy atom. The molecule has 2 aromatic heterocycles. The van der Waals surface area contributed by atoms with E-state index in [2.05, 4.69) is 24.7 Å². The van der Waals surface area contributed by atoms with E-state index < -0.39 is 0 Å². The number of benzene rings is 1. The van der Waals surface area contributed by atoms with Crippen LogP contribution in [0, 0.1) is 0 Å². The highest BCUT2D eigenvalue weighted by Gasteiger charge is 2.15. The van der Waals surface area contributed by atoms with Gasteiger partial charge in [-0.2, -0.15) is 0 Å². The fourth-order valence-electron chi connectivity index (χ4n) is 2.78. The van der Waals surface area contributed by atoms with Crippen molar-refractivity contribution in [2.45, 2.75) is 25.8 Å². The summed E-state index contributed by atoms with van der Waals surface area (Å²) in [6.07, 6.45) is 2.53. The minimum atomic E-state index is 0.738. The third-order valence-corrected chi connectivity index (χ3v) is 3.86. The highest BCUT2D eigenvalue weighted by molar-refractivity contribution is 5.74. The fraction of sp³-hybridized carbons (Fsp3) is 0.400. The van der Waals surface area contributed by atoms with Crippen molar-refractivity contribution < 1.29 is 4.74 Å². The number of rotatable bonds is 3. The second-order valence-corrected chi connectivity index (χ2v) is 5.25. The first kappa shape index (κ1) is 12.5. The number of H-pyrrole nitrogens is 1. The van der Waals surface area contributed by atoms with Gasteiger partial charge in [0.1, 0.15) is 17.5 Å². The largest absolute Gasteiger partial charge is 0.379 e. The zero-order valence-corrected chi connectivity index (χ0v) is 11.7. The summed E-state index contributed by atoms with van der Waals surface area (Å²) in [7, 11) is 0. The lowest BCUT2D eigenvalue weighted by atomic mass is 10.3. The van der Waals surface area contributed by atoms with E-state index >= 15 is 0 Å². The van der Waals surface area contributed by atoms with Gasteiger partial charge in [0.15, 0.2) is 0 Å². The van der Waals surface area contributed by atoms with Gasteiger partial charge in [-0.3, -0.25) is 0 Å². The highest BCUT2D eigenvalue weighted by Crippen LogP contribution is 2.13. The third-order valence-electron chi connectivity index (χ3n) is 3.86. The molecule has 6 nitrogen and oxygen atoms in total. The van der Waals surface area contributed by atoms with E-state index in [9.17, 15) is 0 Å². The Labute approximate surface area is 122 Å².